The van der Waals surface area contributed by atoms with Crippen LogP contribution in [0, 0.1) is 5.92 Å². The van der Waals surface area contributed by atoms with E-state index in [2.05, 4.69) is 10.6 Å². The predicted octanol–water partition coefficient (Wildman–Crippen LogP) is 0.738. The van der Waals surface area contributed by atoms with Crippen molar-refractivity contribution in [3.63, 3.8) is 0 Å². The molecule has 0 aliphatic carbocycles. The lowest BCUT2D eigenvalue weighted by molar-refractivity contribution is -0.113. The minimum absolute atomic E-state index is 0.0859. The molecule has 18 heavy (non-hydrogen) atoms. The van der Waals surface area contributed by atoms with Crippen LogP contribution in [-0.4, -0.2) is 36.4 Å². The molecule has 2 rings (SSSR count). The zero-order valence-corrected chi connectivity index (χ0v) is 11.4. The molecule has 0 bridgehead atoms. The Morgan fingerprint density at radius 1 is 1.56 bits per heavy atom. The van der Waals surface area contributed by atoms with Gasteiger partial charge in [0, 0.05) is 0 Å². The first kappa shape index (κ1) is 13.4. The van der Waals surface area contributed by atoms with Gasteiger partial charge in [0.2, 0.25) is 5.91 Å². The summed E-state index contributed by atoms with van der Waals surface area (Å²) in [4.78, 5) is 22.8. The molecular weight excluding hydrogens is 270 g/mol. The minimum Gasteiger partial charge on any atom is -0.366 e. The third-order valence-electron chi connectivity index (χ3n) is 2.64. The van der Waals surface area contributed by atoms with E-state index in [1.165, 1.54) is 11.3 Å². The average Bonchev–Trinajstić information content (AvgIpc) is 2.69. The molecule has 1 aliphatic heterocycles. The van der Waals surface area contributed by atoms with E-state index in [1.807, 2.05) is 0 Å². The van der Waals surface area contributed by atoms with Crippen molar-refractivity contribution in [2.45, 2.75) is 0 Å². The lowest BCUT2D eigenvalue weighted by Gasteiger charge is -2.26. The largest absolute Gasteiger partial charge is 0.366 e. The van der Waals surface area contributed by atoms with Gasteiger partial charge in [0.15, 0.2) is 0 Å². The summed E-state index contributed by atoms with van der Waals surface area (Å²) < 4.78 is 0. The number of thioether (sulfide) groups is 1. The van der Waals surface area contributed by atoms with Gasteiger partial charge in [0.1, 0.15) is 5.00 Å². The van der Waals surface area contributed by atoms with E-state index in [4.69, 9.17) is 5.73 Å². The van der Waals surface area contributed by atoms with E-state index in [9.17, 15) is 9.59 Å². The van der Waals surface area contributed by atoms with Gasteiger partial charge in [-0.05, 0) is 36.2 Å². The second kappa shape index (κ2) is 6.21. The molecule has 1 aliphatic rings. The van der Waals surface area contributed by atoms with Gasteiger partial charge in [-0.3, -0.25) is 9.59 Å². The maximum Gasteiger partial charge on any atom is 0.251 e. The highest BCUT2D eigenvalue weighted by Crippen LogP contribution is 2.23. The molecule has 4 N–H and O–H groups in total. The summed E-state index contributed by atoms with van der Waals surface area (Å²) in [5, 5.41) is 8.20. The first-order valence-corrected chi connectivity index (χ1v) is 7.66. The number of hydrogen-bond donors (Lipinski definition) is 3. The van der Waals surface area contributed by atoms with Gasteiger partial charge < -0.3 is 16.4 Å². The van der Waals surface area contributed by atoms with E-state index < -0.39 is 5.91 Å². The fourth-order valence-electron chi connectivity index (χ4n) is 1.55. The summed E-state index contributed by atoms with van der Waals surface area (Å²) in [6.07, 6.45) is 0. The summed E-state index contributed by atoms with van der Waals surface area (Å²) in [5.41, 5.74) is 5.58. The average molecular weight is 285 g/mol. The van der Waals surface area contributed by atoms with Gasteiger partial charge in [-0.2, -0.15) is 11.8 Å². The van der Waals surface area contributed by atoms with Crippen molar-refractivity contribution >= 4 is 39.9 Å². The molecule has 7 heteroatoms. The van der Waals surface area contributed by atoms with E-state index in [0.717, 1.165) is 18.8 Å². The van der Waals surface area contributed by atoms with E-state index in [1.54, 1.807) is 23.2 Å². The van der Waals surface area contributed by atoms with Crippen LogP contribution in [0.5, 0.6) is 0 Å². The molecule has 0 radical (unpaired) electrons. The van der Waals surface area contributed by atoms with Crippen LogP contribution >= 0.6 is 23.1 Å². The molecule has 2 amide bonds. The van der Waals surface area contributed by atoms with Crippen molar-refractivity contribution in [3.8, 4) is 0 Å². The van der Waals surface area contributed by atoms with Crippen molar-refractivity contribution in [2.75, 3.05) is 29.9 Å². The number of carbonyl (C=O) groups is 2. The van der Waals surface area contributed by atoms with Crippen LogP contribution in [-0.2, 0) is 4.79 Å². The highest BCUT2D eigenvalue weighted by molar-refractivity contribution is 7.99. The minimum atomic E-state index is -0.514. The quantitative estimate of drug-likeness (QED) is 0.720. The summed E-state index contributed by atoms with van der Waals surface area (Å²) in [6, 6.07) is 1.62. The Labute approximate surface area is 114 Å². The van der Waals surface area contributed by atoms with E-state index in [0.29, 0.717) is 22.2 Å². The Morgan fingerprint density at radius 3 is 2.94 bits per heavy atom. The second-order valence-electron chi connectivity index (χ2n) is 4.12. The zero-order valence-electron chi connectivity index (χ0n) is 9.77. The maximum absolute atomic E-state index is 11.7. The van der Waals surface area contributed by atoms with Crippen LogP contribution in [0.3, 0.4) is 0 Å². The van der Waals surface area contributed by atoms with Gasteiger partial charge in [-0.15, -0.1) is 11.3 Å². The Balaban J connectivity index is 1.75. The van der Waals surface area contributed by atoms with E-state index in [-0.39, 0.29) is 5.91 Å². The number of thiophene rings is 1. The monoisotopic (exact) mass is 285 g/mol. The van der Waals surface area contributed by atoms with Crippen LogP contribution in [0.4, 0.5) is 5.00 Å². The third kappa shape index (κ3) is 3.47. The van der Waals surface area contributed by atoms with Gasteiger partial charge >= 0.3 is 0 Å². The van der Waals surface area contributed by atoms with Crippen molar-refractivity contribution in [1.82, 2.24) is 5.32 Å². The molecule has 0 atom stereocenters. The summed E-state index contributed by atoms with van der Waals surface area (Å²) in [5.74, 6) is 1.49. The molecule has 2 heterocycles. The maximum atomic E-state index is 11.7. The number of carbonyl (C=O) groups excluding carboxylic acids is 2. The Morgan fingerprint density at radius 2 is 2.33 bits per heavy atom. The normalized spacial score (nSPS) is 15.1. The van der Waals surface area contributed by atoms with Crippen molar-refractivity contribution < 1.29 is 9.59 Å². The Kier molecular flexibility index (Phi) is 4.62. The lowest BCUT2D eigenvalue weighted by atomic mass is 10.1. The molecular formula is C11H15N3O2S2. The third-order valence-corrected chi connectivity index (χ3v) is 4.64. The first-order chi connectivity index (χ1) is 8.66. The molecule has 1 fully saturated rings. The Hall–Kier alpha value is -1.05. The molecule has 0 aromatic carbocycles. The van der Waals surface area contributed by atoms with Crippen molar-refractivity contribution in [1.29, 1.82) is 0 Å². The van der Waals surface area contributed by atoms with Crippen LogP contribution < -0.4 is 16.4 Å². The Bertz CT molecular complexity index is 443. The smallest absolute Gasteiger partial charge is 0.251 e. The van der Waals surface area contributed by atoms with Gasteiger partial charge in [-0.25, -0.2) is 0 Å². The van der Waals surface area contributed by atoms with E-state index >= 15 is 0 Å². The molecule has 0 spiro atoms. The fraction of sp³-hybridized carbons (Fsp3) is 0.455. The standard InChI is InChI=1S/C11H15N3O2S2/c12-10(16)8-1-2-18-11(8)14-9(15)6-17-5-7-3-13-4-7/h1-2,7,13H,3-6H2,(H2,12,16)(H,14,15). The lowest BCUT2D eigenvalue weighted by Crippen LogP contribution is -2.43. The molecule has 0 saturated carbocycles. The molecule has 1 saturated heterocycles. The van der Waals surface area contributed by atoms with Crippen LogP contribution in [0.15, 0.2) is 11.4 Å². The number of hydrogen-bond acceptors (Lipinski definition) is 5. The number of rotatable bonds is 6. The fourth-order valence-corrected chi connectivity index (χ4v) is 3.30. The number of primary amides is 1. The molecule has 1 aromatic heterocycles. The van der Waals surface area contributed by atoms with Crippen molar-refractivity contribution in [2.24, 2.45) is 11.7 Å². The summed E-state index contributed by atoms with van der Waals surface area (Å²) >= 11 is 2.93. The molecule has 0 unspecified atom stereocenters. The topological polar surface area (TPSA) is 84.2 Å². The SMILES string of the molecule is NC(=O)c1ccsc1NC(=O)CSCC1CNC1. The molecule has 98 valence electrons. The first-order valence-electron chi connectivity index (χ1n) is 5.62. The van der Waals surface area contributed by atoms with Crippen LogP contribution in [0.1, 0.15) is 10.4 Å². The molecule has 5 nitrogen and oxygen atoms in total. The highest BCUT2D eigenvalue weighted by Gasteiger charge is 2.17. The number of amides is 2. The number of nitrogens with two attached hydrogens (primary N) is 1. The summed E-state index contributed by atoms with van der Waals surface area (Å²) in [7, 11) is 0. The highest BCUT2D eigenvalue weighted by atomic mass is 32.2. The second-order valence-corrected chi connectivity index (χ2v) is 6.06. The molecule has 1 aromatic rings. The van der Waals surface area contributed by atoms with Gasteiger partial charge in [-0.1, -0.05) is 0 Å². The van der Waals surface area contributed by atoms with Crippen LogP contribution in [0.25, 0.3) is 0 Å². The van der Waals surface area contributed by atoms with Crippen molar-refractivity contribution in [3.05, 3.63) is 17.0 Å². The van der Waals surface area contributed by atoms with Crippen LogP contribution in [0.2, 0.25) is 0 Å². The summed E-state index contributed by atoms with van der Waals surface area (Å²) in [6.45, 7) is 2.09. The van der Waals surface area contributed by atoms with Gasteiger partial charge in [0.25, 0.3) is 5.91 Å². The zero-order chi connectivity index (χ0) is 13.0. The predicted molar refractivity (Wildman–Crippen MR) is 75.2 cm³/mol. The van der Waals surface area contributed by atoms with Gasteiger partial charge in [0.05, 0.1) is 11.3 Å². The number of anilines is 1. The number of nitrogens with one attached hydrogen (secondary N) is 2.